The van der Waals surface area contributed by atoms with Crippen molar-refractivity contribution in [2.45, 2.75) is 32.1 Å². The summed E-state index contributed by atoms with van der Waals surface area (Å²) in [7, 11) is 1.64. The maximum atomic E-state index is 12.7. The summed E-state index contributed by atoms with van der Waals surface area (Å²) in [6, 6.07) is 9.87. The normalized spacial score (nSPS) is 25.5. The quantitative estimate of drug-likeness (QED) is 0.803. The maximum Gasteiger partial charge on any atom is 0.227 e. The van der Waals surface area contributed by atoms with Crippen molar-refractivity contribution in [2.75, 3.05) is 33.4 Å². The second-order valence-electron chi connectivity index (χ2n) is 7.32. The fourth-order valence-corrected chi connectivity index (χ4v) is 4.43. The number of hydrogen-bond acceptors (Lipinski definition) is 3. The first kappa shape index (κ1) is 17.9. The first-order valence-corrected chi connectivity index (χ1v) is 9.23. The van der Waals surface area contributed by atoms with E-state index >= 15 is 0 Å². The van der Waals surface area contributed by atoms with Crippen LogP contribution in [0.25, 0.3) is 0 Å². The standard InChI is InChI=1S/C20H28N2O3/c1-25-13-11-21-19(24)17-8-5-9-20(17)10-12-22(15-20)18(23)14-16-6-3-2-4-7-16/h2-4,6-7,17H,5,8-15H2,1H3,(H,21,24)/t17-,20+/m0/s1. The maximum absolute atomic E-state index is 12.7. The molecule has 1 aliphatic heterocycles. The third kappa shape index (κ3) is 4.03. The summed E-state index contributed by atoms with van der Waals surface area (Å²) in [4.78, 5) is 27.2. The van der Waals surface area contributed by atoms with Crippen LogP contribution in [0.4, 0.5) is 0 Å². The SMILES string of the molecule is COCCNC(=O)[C@@H]1CCC[C@]12CCN(C(=O)Cc1ccccc1)C2. The molecule has 0 radical (unpaired) electrons. The third-order valence-electron chi connectivity index (χ3n) is 5.76. The number of amides is 2. The van der Waals surface area contributed by atoms with Crippen LogP contribution in [0, 0.1) is 11.3 Å². The summed E-state index contributed by atoms with van der Waals surface area (Å²) in [5, 5.41) is 2.99. The van der Waals surface area contributed by atoms with Crippen LogP contribution in [-0.2, 0) is 20.7 Å². The van der Waals surface area contributed by atoms with Crippen LogP contribution in [0.1, 0.15) is 31.2 Å². The molecule has 1 aromatic carbocycles. The first-order valence-electron chi connectivity index (χ1n) is 9.23. The van der Waals surface area contributed by atoms with Gasteiger partial charge in [0.1, 0.15) is 0 Å². The summed E-state index contributed by atoms with van der Waals surface area (Å²) in [5.41, 5.74) is 1.03. The molecule has 1 N–H and O–H groups in total. The van der Waals surface area contributed by atoms with E-state index in [0.29, 0.717) is 19.6 Å². The molecule has 0 aromatic heterocycles. The van der Waals surface area contributed by atoms with Gasteiger partial charge in [-0.3, -0.25) is 9.59 Å². The molecule has 1 aliphatic carbocycles. The van der Waals surface area contributed by atoms with Crippen LogP contribution >= 0.6 is 0 Å². The van der Waals surface area contributed by atoms with Gasteiger partial charge in [0.25, 0.3) is 0 Å². The molecule has 1 heterocycles. The molecular formula is C20H28N2O3. The monoisotopic (exact) mass is 344 g/mol. The minimum Gasteiger partial charge on any atom is -0.383 e. The van der Waals surface area contributed by atoms with Gasteiger partial charge >= 0.3 is 0 Å². The topological polar surface area (TPSA) is 58.6 Å². The lowest BCUT2D eigenvalue weighted by Crippen LogP contribution is -2.42. The van der Waals surface area contributed by atoms with Gasteiger partial charge in [-0.15, -0.1) is 0 Å². The number of nitrogens with one attached hydrogen (secondary N) is 1. The number of benzene rings is 1. The molecule has 2 fully saturated rings. The van der Waals surface area contributed by atoms with Gasteiger partial charge in [0.2, 0.25) is 11.8 Å². The zero-order valence-electron chi connectivity index (χ0n) is 15.0. The van der Waals surface area contributed by atoms with Crippen molar-refractivity contribution in [3.05, 3.63) is 35.9 Å². The number of likely N-dealkylation sites (tertiary alicyclic amines) is 1. The third-order valence-corrected chi connectivity index (χ3v) is 5.76. The van der Waals surface area contributed by atoms with Crippen molar-refractivity contribution in [1.29, 1.82) is 0 Å². The smallest absolute Gasteiger partial charge is 0.227 e. The van der Waals surface area contributed by atoms with Gasteiger partial charge in [-0.05, 0) is 24.8 Å². The van der Waals surface area contributed by atoms with Crippen molar-refractivity contribution < 1.29 is 14.3 Å². The highest BCUT2D eigenvalue weighted by atomic mass is 16.5. The minimum atomic E-state index is -0.0243. The molecule has 2 aliphatic rings. The predicted octanol–water partition coefficient (Wildman–Crippen LogP) is 2.01. The Labute approximate surface area is 149 Å². The number of carbonyl (C=O) groups excluding carboxylic acids is 2. The van der Waals surface area contributed by atoms with Crippen LogP contribution in [0.3, 0.4) is 0 Å². The number of rotatable bonds is 6. The lowest BCUT2D eigenvalue weighted by Gasteiger charge is -2.30. The van der Waals surface area contributed by atoms with Crippen molar-refractivity contribution in [2.24, 2.45) is 11.3 Å². The Morgan fingerprint density at radius 1 is 1.28 bits per heavy atom. The fourth-order valence-electron chi connectivity index (χ4n) is 4.43. The molecule has 1 saturated carbocycles. The van der Waals surface area contributed by atoms with Crippen LogP contribution in [-0.4, -0.2) is 50.1 Å². The van der Waals surface area contributed by atoms with E-state index in [1.54, 1.807) is 7.11 Å². The summed E-state index contributed by atoms with van der Waals surface area (Å²) in [6.07, 6.45) is 4.44. The van der Waals surface area contributed by atoms with Crippen molar-refractivity contribution in [1.82, 2.24) is 10.2 Å². The van der Waals surface area contributed by atoms with Gasteiger partial charge in [-0.1, -0.05) is 36.8 Å². The molecular weight excluding hydrogens is 316 g/mol. The largest absolute Gasteiger partial charge is 0.383 e. The van der Waals surface area contributed by atoms with Crippen molar-refractivity contribution >= 4 is 11.8 Å². The van der Waals surface area contributed by atoms with Crippen molar-refractivity contribution in [3.8, 4) is 0 Å². The molecule has 2 atom stereocenters. The lowest BCUT2D eigenvalue weighted by molar-refractivity contribution is -0.132. The Bertz CT molecular complexity index is 604. The molecule has 1 saturated heterocycles. The van der Waals surface area contributed by atoms with Gasteiger partial charge in [0.05, 0.1) is 13.0 Å². The van der Waals surface area contributed by atoms with Crippen molar-refractivity contribution in [3.63, 3.8) is 0 Å². The van der Waals surface area contributed by atoms with E-state index in [9.17, 15) is 9.59 Å². The summed E-state index contributed by atoms with van der Waals surface area (Å²) < 4.78 is 5.01. The molecule has 25 heavy (non-hydrogen) atoms. The van der Waals surface area contributed by atoms with Gasteiger partial charge in [-0.25, -0.2) is 0 Å². The Morgan fingerprint density at radius 2 is 2.08 bits per heavy atom. The van der Waals surface area contributed by atoms with E-state index in [0.717, 1.165) is 44.3 Å². The van der Waals surface area contributed by atoms with Gasteiger partial charge in [0.15, 0.2) is 0 Å². The van der Waals surface area contributed by atoms with E-state index in [1.807, 2.05) is 35.2 Å². The lowest BCUT2D eigenvalue weighted by atomic mass is 9.76. The fraction of sp³-hybridized carbons (Fsp3) is 0.600. The second-order valence-corrected chi connectivity index (χ2v) is 7.32. The van der Waals surface area contributed by atoms with Crippen LogP contribution < -0.4 is 5.32 Å². The number of ether oxygens (including phenoxy) is 1. The number of nitrogens with zero attached hydrogens (tertiary/aromatic N) is 1. The minimum absolute atomic E-state index is 0.0243. The van der Waals surface area contributed by atoms with Gasteiger partial charge < -0.3 is 15.0 Å². The van der Waals surface area contributed by atoms with Gasteiger partial charge in [0, 0.05) is 38.1 Å². The predicted molar refractivity (Wildman–Crippen MR) is 96.0 cm³/mol. The van der Waals surface area contributed by atoms with E-state index in [2.05, 4.69) is 5.32 Å². The highest BCUT2D eigenvalue weighted by Gasteiger charge is 2.51. The van der Waals surface area contributed by atoms with E-state index in [-0.39, 0.29) is 23.1 Å². The Kier molecular flexibility index (Phi) is 5.74. The average molecular weight is 344 g/mol. The van der Waals surface area contributed by atoms with Gasteiger partial charge in [-0.2, -0.15) is 0 Å². The zero-order valence-corrected chi connectivity index (χ0v) is 15.0. The Morgan fingerprint density at radius 3 is 2.84 bits per heavy atom. The van der Waals surface area contributed by atoms with Crippen LogP contribution in [0.15, 0.2) is 30.3 Å². The zero-order chi connectivity index (χ0) is 17.7. The molecule has 5 heteroatoms. The number of hydrogen-bond donors (Lipinski definition) is 1. The van der Waals surface area contributed by atoms with Crippen LogP contribution in [0.5, 0.6) is 0 Å². The molecule has 5 nitrogen and oxygen atoms in total. The molecule has 3 rings (SSSR count). The average Bonchev–Trinajstić information content (AvgIpc) is 3.23. The number of carbonyl (C=O) groups is 2. The molecule has 1 aromatic rings. The van der Waals surface area contributed by atoms with E-state index in [1.165, 1.54) is 0 Å². The Hall–Kier alpha value is -1.88. The Balaban J connectivity index is 1.59. The number of methoxy groups -OCH3 is 1. The van der Waals surface area contributed by atoms with E-state index < -0.39 is 0 Å². The summed E-state index contributed by atoms with van der Waals surface area (Å²) >= 11 is 0. The van der Waals surface area contributed by atoms with E-state index in [4.69, 9.17) is 4.74 Å². The second kappa shape index (κ2) is 8.00. The van der Waals surface area contributed by atoms with Crippen LogP contribution in [0.2, 0.25) is 0 Å². The summed E-state index contributed by atoms with van der Waals surface area (Å²) in [6.45, 7) is 2.58. The highest BCUT2D eigenvalue weighted by molar-refractivity contribution is 5.81. The molecule has 0 bridgehead atoms. The molecule has 1 spiro atoms. The highest BCUT2D eigenvalue weighted by Crippen LogP contribution is 2.49. The molecule has 0 unspecified atom stereocenters. The summed E-state index contributed by atoms with van der Waals surface area (Å²) in [5.74, 6) is 0.333. The first-order chi connectivity index (χ1) is 12.1. The molecule has 136 valence electrons. The molecule has 2 amide bonds.